The number of nitrogens with two attached hydrogens (primary N) is 1. The third-order valence-electron chi connectivity index (χ3n) is 1.93. The van der Waals surface area contributed by atoms with Crippen molar-refractivity contribution < 1.29 is 19.1 Å². The Kier molecular flexibility index (Phi) is 6.23. The van der Waals surface area contributed by atoms with E-state index >= 15 is 0 Å². The van der Waals surface area contributed by atoms with Crippen LogP contribution in [-0.2, 0) is 14.3 Å². The Morgan fingerprint density at radius 2 is 2.00 bits per heavy atom. The highest BCUT2D eigenvalue weighted by molar-refractivity contribution is 5.85. The molecule has 0 aliphatic heterocycles. The summed E-state index contributed by atoms with van der Waals surface area (Å²) in [6.07, 6.45) is 0. The van der Waals surface area contributed by atoms with Crippen LogP contribution in [-0.4, -0.2) is 19.0 Å². The lowest BCUT2D eigenvalue weighted by Crippen LogP contribution is -2.22. The number of hydrogen-bond donors (Lipinski definition) is 1. The third kappa shape index (κ3) is 4.42. The molecule has 0 aliphatic rings. The van der Waals surface area contributed by atoms with Crippen LogP contribution in [0.3, 0.4) is 0 Å². The van der Waals surface area contributed by atoms with Crippen LogP contribution in [0.25, 0.3) is 0 Å². The largest absolute Gasteiger partial charge is 0.468 e. The fourth-order valence-corrected chi connectivity index (χ4v) is 1.20. The lowest BCUT2D eigenvalue weighted by Gasteiger charge is -2.10. The Morgan fingerprint density at radius 1 is 1.35 bits per heavy atom. The van der Waals surface area contributed by atoms with E-state index in [1.54, 1.807) is 18.2 Å². The number of benzene rings is 1. The van der Waals surface area contributed by atoms with Gasteiger partial charge in [0, 0.05) is 6.92 Å². The van der Waals surface area contributed by atoms with Crippen molar-refractivity contribution in [3.63, 3.8) is 0 Å². The van der Waals surface area contributed by atoms with Crippen LogP contribution in [0.5, 0.6) is 5.75 Å². The van der Waals surface area contributed by atoms with Gasteiger partial charge in [-0.15, -0.1) is 12.4 Å². The van der Waals surface area contributed by atoms with E-state index in [1.807, 2.05) is 0 Å². The van der Waals surface area contributed by atoms with E-state index in [9.17, 15) is 9.59 Å². The lowest BCUT2D eigenvalue weighted by molar-refractivity contribution is -0.142. The minimum atomic E-state index is -0.875. The van der Waals surface area contributed by atoms with E-state index in [1.165, 1.54) is 20.1 Å². The fraction of sp³-hybridized carbons (Fsp3) is 0.273. The summed E-state index contributed by atoms with van der Waals surface area (Å²) < 4.78 is 9.39. The van der Waals surface area contributed by atoms with Gasteiger partial charge in [-0.3, -0.25) is 9.59 Å². The maximum atomic E-state index is 11.2. The molecule has 0 fully saturated rings. The van der Waals surface area contributed by atoms with Crippen molar-refractivity contribution in [1.82, 2.24) is 0 Å². The number of carbonyl (C=O) groups excluding carboxylic acids is 2. The normalized spacial score (nSPS) is 11.0. The second-order valence-electron chi connectivity index (χ2n) is 3.17. The first-order chi connectivity index (χ1) is 7.54. The van der Waals surface area contributed by atoms with Crippen molar-refractivity contribution in [2.45, 2.75) is 13.0 Å². The standard InChI is InChI=1S/C11H13NO4.ClH/c1-7(13)16-9-5-3-4-8(6-9)10(12)11(14)15-2;/h3-6,10H,12H2,1-2H3;1H/t10-;/m1./s1. The van der Waals surface area contributed by atoms with Gasteiger partial charge in [0.15, 0.2) is 0 Å². The lowest BCUT2D eigenvalue weighted by atomic mass is 10.1. The summed E-state index contributed by atoms with van der Waals surface area (Å²) in [6.45, 7) is 1.30. The minimum Gasteiger partial charge on any atom is -0.468 e. The Balaban J connectivity index is 0.00000256. The van der Waals surface area contributed by atoms with Gasteiger partial charge in [-0.05, 0) is 17.7 Å². The van der Waals surface area contributed by atoms with Crippen molar-refractivity contribution in [2.75, 3.05) is 7.11 Å². The van der Waals surface area contributed by atoms with Gasteiger partial charge < -0.3 is 15.2 Å². The molecule has 1 aromatic carbocycles. The molecular weight excluding hydrogens is 246 g/mol. The molecule has 0 spiro atoms. The highest BCUT2D eigenvalue weighted by Crippen LogP contribution is 2.18. The zero-order valence-electron chi connectivity index (χ0n) is 9.51. The molecule has 5 nitrogen and oxygen atoms in total. The number of rotatable bonds is 3. The molecule has 6 heteroatoms. The number of halogens is 1. The number of carbonyl (C=O) groups is 2. The SMILES string of the molecule is COC(=O)[C@H](N)c1cccc(OC(C)=O)c1.Cl. The molecule has 1 aromatic rings. The Bertz CT molecular complexity index is 408. The van der Waals surface area contributed by atoms with Gasteiger partial charge in [0.1, 0.15) is 11.8 Å². The molecule has 94 valence electrons. The van der Waals surface area contributed by atoms with Crippen LogP contribution in [0.4, 0.5) is 0 Å². The smallest absolute Gasteiger partial charge is 0.327 e. The second kappa shape index (κ2) is 6.88. The Labute approximate surface area is 105 Å². The molecular formula is C11H14ClNO4. The van der Waals surface area contributed by atoms with Crippen LogP contribution in [0.15, 0.2) is 24.3 Å². The number of hydrogen-bond acceptors (Lipinski definition) is 5. The maximum absolute atomic E-state index is 11.2. The fourth-order valence-electron chi connectivity index (χ4n) is 1.20. The summed E-state index contributed by atoms with van der Waals surface area (Å²) in [5.74, 6) is -0.617. The predicted molar refractivity (Wildman–Crippen MR) is 63.9 cm³/mol. The first-order valence-corrected chi connectivity index (χ1v) is 4.66. The molecule has 1 atom stereocenters. The van der Waals surface area contributed by atoms with Crippen molar-refractivity contribution in [2.24, 2.45) is 5.73 Å². The summed E-state index contributed by atoms with van der Waals surface area (Å²) in [7, 11) is 1.26. The van der Waals surface area contributed by atoms with Crippen LogP contribution in [0.1, 0.15) is 18.5 Å². The molecule has 0 aliphatic carbocycles. The highest BCUT2D eigenvalue weighted by atomic mass is 35.5. The molecule has 2 N–H and O–H groups in total. The van der Waals surface area contributed by atoms with Gasteiger partial charge in [-0.25, -0.2) is 0 Å². The minimum absolute atomic E-state index is 0. The number of methoxy groups -OCH3 is 1. The van der Waals surface area contributed by atoms with Gasteiger partial charge in [-0.1, -0.05) is 12.1 Å². The molecule has 1 rings (SSSR count). The summed E-state index contributed by atoms with van der Waals surface area (Å²) in [5.41, 5.74) is 6.17. The number of ether oxygens (including phenoxy) is 2. The molecule has 0 heterocycles. The summed E-state index contributed by atoms with van der Waals surface area (Å²) >= 11 is 0. The van der Waals surface area contributed by atoms with E-state index in [-0.39, 0.29) is 12.4 Å². The van der Waals surface area contributed by atoms with Gasteiger partial charge in [0.25, 0.3) is 0 Å². The van der Waals surface area contributed by atoms with Crippen LogP contribution in [0, 0.1) is 0 Å². The maximum Gasteiger partial charge on any atom is 0.327 e. The second-order valence-corrected chi connectivity index (χ2v) is 3.17. The monoisotopic (exact) mass is 259 g/mol. The summed E-state index contributed by atoms with van der Waals surface area (Å²) in [4.78, 5) is 21.9. The van der Waals surface area contributed by atoms with Crippen LogP contribution in [0.2, 0.25) is 0 Å². The molecule has 0 unspecified atom stereocenters. The van der Waals surface area contributed by atoms with Crippen molar-refractivity contribution in [3.05, 3.63) is 29.8 Å². The van der Waals surface area contributed by atoms with E-state index in [2.05, 4.69) is 4.74 Å². The van der Waals surface area contributed by atoms with Crippen molar-refractivity contribution >= 4 is 24.3 Å². The zero-order valence-corrected chi connectivity index (χ0v) is 10.3. The van der Waals surface area contributed by atoms with Crippen molar-refractivity contribution in [3.8, 4) is 5.75 Å². The summed E-state index contributed by atoms with van der Waals surface area (Å²) in [6, 6.07) is 5.57. The zero-order chi connectivity index (χ0) is 12.1. The molecule has 0 bridgehead atoms. The van der Waals surface area contributed by atoms with Gasteiger partial charge in [0.05, 0.1) is 7.11 Å². The van der Waals surface area contributed by atoms with Gasteiger partial charge in [-0.2, -0.15) is 0 Å². The summed E-state index contributed by atoms with van der Waals surface area (Å²) in [5, 5.41) is 0. The highest BCUT2D eigenvalue weighted by Gasteiger charge is 2.16. The quantitative estimate of drug-likeness (QED) is 0.652. The Morgan fingerprint density at radius 3 is 2.53 bits per heavy atom. The van der Waals surface area contributed by atoms with E-state index < -0.39 is 18.0 Å². The first kappa shape index (κ1) is 15.4. The molecule has 17 heavy (non-hydrogen) atoms. The average molecular weight is 260 g/mol. The van der Waals surface area contributed by atoms with Crippen LogP contribution >= 0.6 is 12.4 Å². The molecule has 0 aromatic heterocycles. The first-order valence-electron chi connectivity index (χ1n) is 4.66. The van der Waals surface area contributed by atoms with Gasteiger partial charge >= 0.3 is 11.9 Å². The molecule has 0 amide bonds. The molecule has 0 saturated heterocycles. The van der Waals surface area contributed by atoms with Gasteiger partial charge in [0.2, 0.25) is 0 Å². The predicted octanol–water partition coefficient (Wildman–Crippen LogP) is 1.21. The van der Waals surface area contributed by atoms with E-state index in [4.69, 9.17) is 10.5 Å². The van der Waals surface area contributed by atoms with E-state index in [0.717, 1.165) is 0 Å². The van der Waals surface area contributed by atoms with E-state index in [0.29, 0.717) is 11.3 Å². The topological polar surface area (TPSA) is 78.6 Å². The van der Waals surface area contributed by atoms with Crippen molar-refractivity contribution in [1.29, 1.82) is 0 Å². The van der Waals surface area contributed by atoms with Crippen LogP contribution < -0.4 is 10.5 Å². The molecule has 0 radical (unpaired) electrons. The average Bonchev–Trinajstić information content (AvgIpc) is 2.26. The number of esters is 2. The third-order valence-corrected chi connectivity index (χ3v) is 1.93. The molecule has 0 saturated carbocycles. The Hall–Kier alpha value is -1.59.